The molecule has 8 heteroatoms. The number of piperidine rings is 1. The molecule has 0 radical (unpaired) electrons. The summed E-state index contributed by atoms with van der Waals surface area (Å²) in [4.78, 5) is 9.75. The number of likely N-dealkylation sites (tertiary alicyclic amines) is 1. The van der Waals surface area contributed by atoms with Gasteiger partial charge in [-0.25, -0.2) is 4.98 Å². The summed E-state index contributed by atoms with van der Waals surface area (Å²) < 4.78 is 7.47. The highest BCUT2D eigenvalue weighted by atomic mass is 16.5. The summed E-state index contributed by atoms with van der Waals surface area (Å²) in [5.74, 6) is 0.839. The van der Waals surface area contributed by atoms with Crippen LogP contribution in [0.5, 0.6) is 5.75 Å². The number of hydrogen-bond acceptors (Lipinski definition) is 7. The van der Waals surface area contributed by atoms with Gasteiger partial charge >= 0.3 is 0 Å². The molecule has 0 amide bonds. The first-order valence-electron chi connectivity index (χ1n) is 13.1. The summed E-state index contributed by atoms with van der Waals surface area (Å²) in [5.41, 5.74) is 10.7. The number of anilines is 1. The largest absolute Gasteiger partial charge is 0.497 e. The quantitative estimate of drug-likeness (QED) is 0.371. The molecular weight excluding hydrogens is 450 g/mol. The number of methoxy groups -OCH3 is 1. The first-order valence-corrected chi connectivity index (χ1v) is 13.1. The van der Waals surface area contributed by atoms with Crippen LogP contribution in [0.3, 0.4) is 0 Å². The van der Waals surface area contributed by atoms with Crippen LogP contribution in [0.25, 0.3) is 22.5 Å². The van der Waals surface area contributed by atoms with Crippen molar-refractivity contribution in [2.24, 2.45) is 5.73 Å². The second kappa shape index (κ2) is 12.9. The van der Waals surface area contributed by atoms with Gasteiger partial charge < -0.3 is 25.6 Å². The van der Waals surface area contributed by atoms with E-state index in [2.05, 4.69) is 64.4 Å². The summed E-state index contributed by atoms with van der Waals surface area (Å²) in [5, 5.41) is 8.35. The van der Waals surface area contributed by atoms with Gasteiger partial charge in [0.2, 0.25) is 0 Å². The molecule has 1 saturated heterocycles. The molecule has 8 nitrogen and oxygen atoms in total. The van der Waals surface area contributed by atoms with Gasteiger partial charge in [0.1, 0.15) is 5.75 Å². The van der Waals surface area contributed by atoms with Crippen LogP contribution >= 0.6 is 0 Å². The highest BCUT2D eigenvalue weighted by Gasteiger charge is 2.19. The molecule has 4 rings (SSSR count). The van der Waals surface area contributed by atoms with Gasteiger partial charge in [-0.05, 0) is 109 Å². The SMILES string of the molecule is COc1ccc(-c2cc(NCCCN(C)CCCN)cc(-c3cnn(C4CCN(C)CC4)c3)n2)cc1. The predicted molar refractivity (Wildman–Crippen MR) is 147 cm³/mol. The molecule has 3 aromatic rings. The van der Waals surface area contributed by atoms with Crippen LogP contribution in [0.4, 0.5) is 5.69 Å². The molecule has 36 heavy (non-hydrogen) atoms. The maximum absolute atomic E-state index is 5.64. The van der Waals surface area contributed by atoms with Crippen molar-refractivity contribution in [3.63, 3.8) is 0 Å². The average Bonchev–Trinajstić information content (AvgIpc) is 3.41. The Hall–Kier alpha value is -2.94. The molecule has 1 aliphatic rings. The fraction of sp³-hybridized carbons (Fsp3) is 0.500. The third-order valence-corrected chi connectivity index (χ3v) is 6.96. The molecular formula is C28H41N7O. The summed E-state index contributed by atoms with van der Waals surface area (Å²) in [6.07, 6.45) is 8.46. The highest BCUT2D eigenvalue weighted by Crippen LogP contribution is 2.29. The Morgan fingerprint density at radius 3 is 2.44 bits per heavy atom. The summed E-state index contributed by atoms with van der Waals surface area (Å²) >= 11 is 0. The normalized spacial score (nSPS) is 14.9. The van der Waals surface area contributed by atoms with Gasteiger partial charge in [-0.1, -0.05) is 0 Å². The molecule has 3 N–H and O–H groups in total. The lowest BCUT2D eigenvalue weighted by Gasteiger charge is -2.28. The number of pyridine rings is 1. The zero-order valence-electron chi connectivity index (χ0n) is 22.0. The van der Waals surface area contributed by atoms with Crippen LogP contribution in [-0.4, -0.2) is 85.0 Å². The van der Waals surface area contributed by atoms with E-state index >= 15 is 0 Å². The number of nitrogens with two attached hydrogens (primary N) is 1. The predicted octanol–water partition coefficient (Wildman–Crippen LogP) is 3.97. The Labute approximate surface area is 215 Å². The smallest absolute Gasteiger partial charge is 0.118 e. The van der Waals surface area contributed by atoms with E-state index in [0.717, 1.165) is 98.9 Å². The minimum atomic E-state index is 0.452. The molecule has 0 atom stereocenters. The van der Waals surface area contributed by atoms with Crippen LogP contribution in [0.15, 0.2) is 48.8 Å². The lowest BCUT2D eigenvalue weighted by atomic mass is 10.1. The van der Waals surface area contributed by atoms with Crippen LogP contribution in [0, 0.1) is 0 Å². The van der Waals surface area contributed by atoms with Crippen LogP contribution in [-0.2, 0) is 0 Å². The lowest BCUT2D eigenvalue weighted by molar-refractivity contribution is 0.212. The minimum Gasteiger partial charge on any atom is -0.497 e. The molecule has 194 valence electrons. The Morgan fingerprint density at radius 1 is 1.06 bits per heavy atom. The van der Waals surface area contributed by atoms with E-state index in [1.54, 1.807) is 7.11 Å². The average molecular weight is 492 g/mol. The first kappa shape index (κ1) is 26.1. The van der Waals surface area contributed by atoms with Gasteiger partial charge in [-0.3, -0.25) is 4.68 Å². The zero-order valence-corrected chi connectivity index (χ0v) is 22.0. The summed E-state index contributed by atoms with van der Waals surface area (Å²) in [7, 11) is 6.03. The summed E-state index contributed by atoms with van der Waals surface area (Å²) in [6, 6.07) is 12.8. The molecule has 1 fully saturated rings. The summed E-state index contributed by atoms with van der Waals surface area (Å²) in [6.45, 7) is 5.94. The van der Waals surface area contributed by atoms with E-state index < -0.39 is 0 Å². The molecule has 0 saturated carbocycles. The van der Waals surface area contributed by atoms with E-state index in [4.69, 9.17) is 20.6 Å². The molecule has 0 aliphatic carbocycles. The van der Waals surface area contributed by atoms with Crippen molar-refractivity contribution in [3.05, 3.63) is 48.8 Å². The molecule has 1 aliphatic heterocycles. The first-order chi connectivity index (χ1) is 17.6. The van der Waals surface area contributed by atoms with Crippen molar-refractivity contribution in [3.8, 4) is 28.3 Å². The van der Waals surface area contributed by atoms with Crippen molar-refractivity contribution in [1.29, 1.82) is 0 Å². The third kappa shape index (κ3) is 7.06. The van der Waals surface area contributed by atoms with Gasteiger partial charge in [0, 0.05) is 29.6 Å². The number of benzene rings is 1. The van der Waals surface area contributed by atoms with Crippen molar-refractivity contribution < 1.29 is 4.74 Å². The minimum absolute atomic E-state index is 0.452. The van der Waals surface area contributed by atoms with Crippen molar-refractivity contribution in [2.45, 2.75) is 31.7 Å². The number of ether oxygens (including phenoxy) is 1. The monoisotopic (exact) mass is 491 g/mol. The topological polar surface area (TPSA) is 84.5 Å². The molecule has 0 spiro atoms. The van der Waals surface area contributed by atoms with Crippen molar-refractivity contribution in [2.75, 3.05) is 65.8 Å². The van der Waals surface area contributed by atoms with E-state index in [-0.39, 0.29) is 0 Å². The van der Waals surface area contributed by atoms with Crippen molar-refractivity contribution >= 4 is 5.69 Å². The molecule has 2 aromatic heterocycles. The van der Waals surface area contributed by atoms with E-state index in [9.17, 15) is 0 Å². The molecule has 1 aromatic carbocycles. The number of hydrogen-bond donors (Lipinski definition) is 2. The Bertz CT molecular complexity index is 1070. The molecule has 0 unspecified atom stereocenters. The van der Waals surface area contributed by atoms with Gasteiger partial charge in [0.25, 0.3) is 0 Å². The van der Waals surface area contributed by atoms with Crippen molar-refractivity contribution in [1.82, 2.24) is 24.6 Å². The van der Waals surface area contributed by atoms with E-state index in [1.807, 2.05) is 18.3 Å². The van der Waals surface area contributed by atoms with Crippen LogP contribution in [0.2, 0.25) is 0 Å². The molecule has 3 heterocycles. The number of rotatable bonds is 12. The number of nitrogens with one attached hydrogen (secondary N) is 1. The number of nitrogens with zero attached hydrogens (tertiary/aromatic N) is 5. The third-order valence-electron chi connectivity index (χ3n) is 6.96. The maximum atomic E-state index is 5.64. The second-order valence-electron chi connectivity index (χ2n) is 9.82. The Morgan fingerprint density at radius 2 is 1.75 bits per heavy atom. The molecule has 0 bridgehead atoms. The maximum Gasteiger partial charge on any atom is 0.118 e. The standard InChI is InChI=1S/C28H41N7O/c1-33(14-4-12-29)15-5-13-30-24-18-27(22-6-8-26(36-3)9-7-22)32-28(19-24)23-20-31-35(21-23)25-10-16-34(2)17-11-25/h6-9,18-21,25H,4-5,10-17,29H2,1-3H3,(H,30,32). The van der Waals surface area contributed by atoms with Crippen LogP contribution in [0.1, 0.15) is 31.7 Å². The Balaban J connectivity index is 1.52. The fourth-order valence-electron chi connectivity index (χ4n) is 4.67. The fourth-order valence-corrected chi connectivity index (χ4v) is 4.67. The Kier molecular flexibility index (Phi) is 9.33. The van der Waals surface area contributed by atoms with Gasteiger partial charge in [0.15, 0.2) is 0 Å². The lowest BCUT2D eigenvalue weighted by Crippen LogP contribution is -2.31. The number of aromatic nitrogens is 3. The second-order valence-corrected chi connectivity index (χ2v) is 9.82. The zero-order chi connectivity index (χ0) is 25.3. The van der Waals surface area contributed by atoms with Gasteiger partial charge in [-0.15, -0.1) is 0 Å². The van der Waals surface area contributed by atoms with E-state index in [0.29, 0.717) is 6.04 Å². The van der Waals surface area contributed by atoms with Gasteiger partial charge in [-0.2, -0.15) is 5.10 Å². The van der Waals surface area contributed by atoms with E-state index in [1.165, 1.54) is 0 Å². The highest BCUT2D eigenvalue weighted by molar-refractivity contribution is 5.72. The van der Waals surface area contributed by atoms with Gasteiger partial charge in [0.05, 0.1) is 30.7 Å². The van der Waals surface area contributed by atoms with Crippen LogP contribution < -0.4 is 15.8 Å².